The maximum absolute atomic E-state index is 5.60. The van der Waals surface area contributed by atoms with E-state index in [1.165, 1.54) is 5.56 Å². The van der Waals surface area contributed by atoms with Gasteiger partial charge in [0.15, 0.2) is 0 Å². The van der Waals surface area contributed by atoms with E-state index in [0.717, 1.165) is 23.5 Å². The van der Waals surface area contributed by atoms with E-state index in [-0.39, 0.29) is 0 Å². The molecular formula is C13H22N2O. The van der Waals surface area contributed by atoms with Crippen molar-refractivity contribution in [2.24, 2.45) is 11.7 Å². The molecule has 1 aromatic carbocycles. The topological polar surface area (TPSA) is 47.3 Å². The van der Waals surface area contributed by atoms with Crippen LogP contribution in [0, 0.1) is 19.8 Å². The lowest BCUT2D eigenvalue weighted by molar-refractivity contribution is 0.413. The van der Waals surface area contributed by atoms with Gasteiger partial charge in [0.25, 0.3) is 0 Å². The molecule has 0 aliphatic carbocycles. The van der Waals surface area contributed by atoms with Crippen LogP contribution in [-0.4, -0.2) is 20.2 Å². The van der Waals surface area contributed by atoms with E-state index in [0.29, 0.717) is 12.5 Å². The number of rotatable bonds is 5. The van der Waals surface area contributed by atoms with Crippen molar-refractivity contribution >= 4 is 5.69 Å². The van der Waals surface area contributed by atoms with Gasteiger partial charge in [0.1, 0.15) is 5.75 Å². The third-order valence-corrected chi connectivity index (χ3v) is 2.67. The van der Waals surface area contributed by atoms with E-state index >= 15 is 0 Å². The van der Waals surface area contributed by atoms with Crippen LogP contribution < -0.4 is 15.8 Å². The van der Waals surface area contributed by atoms with Crippen LogP contribution in [0.15, 0.2) is 12.1 Å². The van der Waals surface area contributed by atoms with Crippen LogP contribution in [0.3, 0.4) is 0 Å². The van der Waals surface area contributed by atoms with Crippen molar-refractivity contribution in [2.45, 2.75) is 20.8 Å². The average molecular weight is 222 g/mol. The lowest BCUT2D eigenvalue weighted by Gasteiger charge is -2.16. The van der Waals surface area contributed by atoms with Crippen molar-refractivity contribution < 1.29 is 4.74 Å². The standard InChI is InChI=1S/C13H22N2O/c1-9-5-11(3)13(16-4)12(6-9)15-8-10(2)7-14/h5-6,10,15H,7-8,14H2,1-4H3. The zero-order chi connectivity index (χ0) is 12.1. The molecule has 0 aliphatic rings. The number of hydrogen-bond donors (Lipinski definition) is 2. The summed E-state index contributed by atoms with van der Waals surface area (Å²) < 4.78 is 5.40. The number of ether oxygens (including phenoxy) is 1. The van der Waals surface area contributed by atoms with Crippen LogP contribution in [0.2, 0.25) is 0 Å². The number of nitrogens with one attached hydrogen (secondary N) is 1. The first-order chi connectivity index (χ1) is 7.58. The third kappa shape index (κ3) is 3.14. The number of methoxy groups -OCH3 is 1. The second-order valence-corrected chi connectivity index (χ2v) is 4.38. The van der Waals surface area contributed by atoms with Crippen LogP contribution in [0.5, 0.6) is 5.75 Å². The van der Waals surface area contributed by atoms with Gasteiger partial charge in [0.2, 0.25) is 0 Å². The molecule has 1 aromatic rings. The van der Waals surface area contributed by atoms with Gasteiger partial charge >= 0.3 is 0 Å². The molecule has 3 heteroatoms. The first-order valence-corrected chi connectivity index (χ1v) is 5.67. The first kappa shape index (κ1) is 12.8. The molecular weight excluding hydrogens is 200 g/mol. The summed E-state index contributed by atoms with van der Waals surface area (Å²) in [6.45, 7) is 7.84. The Morgan fingerprint density at radius 1 is 1.38 bits per heavy atom. The van der Waals surface area contributed by atoms with Gasteiger partial charge in [-0.05, 0) is 43.5 Å². The predicted octanol–water partition coefficient (Wildman–Crippen LogP) is 2.32. The van der Waals surface area contributed by atoms with Crippen LogP contribution in [-0.2, 0) is 0 Å². The predicted molar refractivity (Wildman–Crippen MR) is 69.2 cm³/mol. The van der Waals surface area contributed by atoms with Crippen molar-refractivity contribution in [2.75, 3.05) is 25.5 Å². The summed E-state index contributed by atoms with van der Waals surface area (Å²) in [7, 11) is 1.70. The monoisotopic (exact) mass is 222 g/mol. The molecule has 0 saturated carbocycles. The number of hydrogen-bond acceptors (Lipinski definition) is 3. The van der Waals surface area contributed by atoms with E-state index in [1.807, 2.05) is 0 Å². The maximum Gasteiger partial charge on any atom is 0.144 e. The molecule has 3 N–H and O–H groups in total. The lowest BCUT2D eigenvalue weighted by Crippen LogP contribution is -2.20. The number of nitrogens with two attached hydrogens (primary N) is 1. The smallest absolute Gasteiger partial charge is 0.144 e. The normalized spacial score (nSPS) is 12.3. The largest absolute Gasteiger partial charge is 0.494 e. The minimum atomic E-state index is 0.463. The molecule has 0 bridgehead atoms. The van der Waals surface area contributed by atoms with Gasteiger partial charge in [0.05, 0.1) is 12.8 Å². The van der Waals surface area contributed by atoms with Gasteiger partial charge < -0.3 is 15.8 Å². The zero-order valence-corrected chi connectivity index (χ0v) is 10.6. The van der Waals surface area contributed by atoms with Gasteiger partial charge in [-0.25, -0.2) is 0 Å². The molecule has 90 valence electrons. The SMILES string of the molecule is COc1c(C)cc(C)cc1NCC(C)CN. The summed E-state index contributed by atoms with van der Waals surface area (Å²) in [6.07, 6.45) is 0. The van der Waals surface area contributed by atoms with Crippen molar-refractivity contribution in [3.05, 3.63) is 23.3 Å². The minimum Gasteiger partial charge on any atom is -0.494 e. The van der Waals surface area contributed by atoms with Gasteiger partial charge in [0, 0.05) is 6.54 Å². The van der Waals surface area contributed by atoms with E-state index in [1.54, 1.807) is 7.11 Å². The Balaban J connectivity index is 2.85. The van der Waals surface area contributed by atoms with E-state index in [2.05, 4.69) is 38.2 Å². The lowest BCUT2D eigenvalue weighted by atomic mass is 10.1. The highest BCUT2D eigenvalue weighted by Gasteiger charge is 2.08. The van der Waals surface area contributed by atoms with Crippen molar-refractivity contribution in [1.29, 1.82) is 0 Å². The van der Waals surface area contributed by atoms with Gasteiger partial charge in [-0.15, -0.1) is 0 Å². The highest BCUT2D eigenvalue weighted by Crippen LogP contribution is 2.29. The Morgan fingerprint density at radius 2 is 2.06 bits per heavy atom. The van der Waals surface area contributed by atoms with Crippen LogP contribution in [0.4, 0.5) is 5.69 Å². The molecule has 0 radical (unpaired) electrons. The second kappa shape index (κ2) is 5.75. The van der Waals surface area contributed by atoms with Gasteiger partial charge in [-0.1, -0.05) is 13.0 Å². The highest BCUT2D eigenvalue weighted by molar-refractivity contribution is 5.61. The number of anilines is 1. The van der Waals surface area contributed by atoms with Gasteiger partial charge in [-0.3, -0.25) is 0 Å². The molecule has 0 fully saturated rings. The van der Waals surface area contributed by atoms with Crippen molar-refractivity contribution in [1.82, 2.24) is 0 Å². The molecule has 1 rings (SSSR count). The number of benzene rings is 1. The molecule has 16 heavy (non-hydrogen) atoms. The molecule has 0 aromatic heterocycles. The molecule has 0 amide bonds. The average Bonchev–Trinajstić information content (AvgIpc) is 2.25. The Kier molecular flexibility index (Phi) is 4.62. The summed E-state index contributed by atoms with van der Waals surface area (Å²) in [4.78, 5) is 0. The maximum atomic E-state index is 5.60. The van der Waals surface area contributed by atoms with Crippen LogP contribution >= 0.6 is 0 Å². The quantitative estimate of drug-likeness (QED) is 0.803. The Morgan fingerprint density at radius 3 is 2.62 bits per heavy atom. The second-order valence-electron chi connectivity index (χ2n) is 4.38. The molecule has 0 aliphatic heterocycles. The summed E-state index contributed by atoms with van der Waals surface area (Å²) in [5.41, 5.74) is 9.05. The van der Waals surface area contributed by atoms with Crippen molar-refractivity contribution in [3.8, 4) is 5.75 Å². The summed E-state index contributed by atoms with van der Waals surface area (Å²) in [5, 5.41) is 3.39. The Labute approximate surface area is 98.0 Å². The molecule has 0 saturated heterocycles. The van der Waals surface area contributed by atoms with E-state index in [9.17, 15) is 0 Å². The molecule has 0 spiro atoms. The number of aryl methyl sites for hydroxylation is 2. The Hall–Kier alpha value is -1.22. The molecule has 1 unspecified atom stereocenters. The highest BCUT2D eigenvalue weighted by atomic mass is 16.5. The van der Waals surface area contributed by atoms with E-state index < -0.39 is 0 Å². The Bertz CT molecular complexity index is 350. The fourth-order valence-electron chi connectivity index (χ4n) is 1.72. The first-order valence-electron chi connectivity index (χ1n) is 5.67. The molecule has 0 heterocycles. The van der Waals surface area contributed by atoms with Crippen LogP contribution in [0.1, 0.15) is 18.1 Å². The van der Waals surface area contributed by atoms with Crippen LogP contribution in [0.25, 0.3) is 0 Å². The summed E-state index contributed by atoms with van der Waals surface area (Å²) >= 11 is 0. The van der Waals surface area contributed by atoms with Gasteiger partial charge in [-0.2, -0.15) is 0 Å². The fourth-order valence-corrected chi connectivity index (χ4v) is 1.72. The molecule has 3 nitrogen and oxygen atoms in total. The fraction of sp³-hybridized carbons (Fsp3) is 0.538. The third-order valence-electron chi connectivity index (χ3n) is 2.67. The molecule has 1 atom stereocenters. The summed E-state index contributed by atoms with van der Waals surface area (Å²) in [6, 6.07) is 4.23. The van der Waals surface area contributed by atoms with E-state index in [4.69, 9.17) is 10.5 Å². The van der Waals surface area contributed by atoms with Crippen molar-refractivity contribution in [3.63, 3.8) is 0 Å². The summed E-state index contributed by atoms with van der Waals surface area (Å²) in [5.74, 6) is 1.39. The minimum absolute atomic E-state index is 0.463. The zero-order valence-electron chi connectivity index (χ0n) is 10.6.